The summed E-state index contributed by atoms with van der Waals surface area (Å²) < 4.78 is 6.98. The van der Waals surface area contributed by atoms with E-state index >= 15 is 0 Å². The fourth-order valence-electron chi connectivity index (χ4n) is 2.28. The number of amides is 2. The molecule has 128 valence electrons. The molecule has 0 aliphatic rings. The molecule has 0 aliphatic carbocycles. The molecule has 3 aromatic rings. The molecule has 0 saturated heterocycles. The molecule has 0 aliphatic heterocycles. The van der Waals surface area contributed by atoms with Crippen LogP contribution < -0.4 is 15.4 Å². The predicted octanol–water partition coefficient (Wildman–Crippen LogP) is 2.28. The zero-order chi connectivity index (χ0) is 17.5. The Morgan fingerprint density at radius 2 is 2.00 bits per heavy atom. The zero-order valence-electron chi connectivity index (χ0n) is 13.8. The summed E-state index contributed by atoms with van der Waals surface area (Å²) in [6.07, 6.45) is 6.94. The van der Waals surface area contributed by atoms with Gasteiger partial charge in [-0.3, -0.25) is 4.57 Å². The number of imidazole rings is 1. The van der Waals surface area contributed by atoms with Crippen molar-refractivity contribution in [2.24, 2.45) is 0 Å². The molecular weight excluding hydrogens is 318 g/mol. The topological polar surface area (TPSA) is 81.1 Å². The number of carbonyl (C=O) groups is 1. The Morgan fingerprint density at radius 3 is 2.68 bits per heavy atom. The molecule has 7 heteroatoms. The van der Waals surface area contributed by atoms with Gasteiger partial charge in [-0.1, -0.05) is 18.2 Å². The van der Waals surface area contributed by atoms with Gasteiger partial charge in [0.05, 0.1) is 7.11 Å². The minimum atomic E-state index is -0.235. The van der Waals surface area contributed by atoms with Crippen molar-refractivity contribution in [3.8, 4) is 11.6 Å². The number of carbonyl (C=O) groups excluding carboxylic acids is 1. The maximum Gasteiger partial charge on any atom is 0.315 e. The Bertz CT molecular complexity index is 816. The van der Waals surface area contributed by atoms with E-state index in [9.17, 15) is 4.79 Å². The summed E-state index contributed by atoms with van der Waals surface area (Å²) in [7, 11) is 1.62. The molecule has 0 spiro atoms. The van der Waals surface area contributed by atoms with Crippen molar-refractivity contribution in [1.29, 1.82) is 0 Å². The van der Waals surface area contributed by atoms with Gasteiger partial charge in [-0.25, -0.2) is 14.8 Å². The number of ether oxygens (including phenoxy) is 1. The lowest BCUT2D eigenvalue weighted by molar-refractivity contribution is 0.240. The maximum atomic E-state index is 11.9. The van der Waals surface area contributed by atoms with Gasteiger partial charge in [0, 0.05) is 31.7 Å². The minimum Gasteiger partial charge on any atom is -0.497 e. The number of methoxy groups -OCH3 is 1. The Morgan fingerprint density at radius 1 is 1.16 bits per heavy atom. The highest BCUT2D eigenvalue weighted by molar-refractivity contribution is 5.73. The second kappa shape index (κ2) is 7.96. The zero-order valence-corrected chi connectivity index (χ0v) is 13.8. The molecule has 2 aromatic heterocycles. The standard InChI is InChI=1S/C18H19N5O2/c1-25-16-4-2-3-14(9-16)10-21-18(24)22-12-15-5-6-17(20-11-15)23-8-7-19-13-23/h2-9,11,13H,10,12H2,1H3,(H2,21,22,24). The number of aromatic nitrogens is 3. The Hall–Kier alpha value is -3.35. The highest BCUT2D eigenvalue weighted by Crippen LogP contribution is 2.12. The van der Waals surface area contributed by atoms with Gasteiger partial charge >= 0.3 is 6.03 Å². The lowest BCUT2D eigenvalue weighted by Gasteiger charge is -2.09. The molecule has 3 rings (SSSR count). The van der Waals surface area contributed by atoms with Crippen molar-refractivity contribution < 1.29 is 9.53 Å². The molecule has 0 bridgehead atoms. The SMILES string of the molecule is COc1cccc(CNC(=O)NCc2ccc(-n3ccnc3)nc2)c1. The first-order chi connectivity index (χ1) is 12.2. The second-order valence-electron chi connectivity index (χ2n) is 5.38. The first-order valence-electron chi connectivity index (χ1n) is 7.82. The lowest BCUT2D eigenvalue weighted by Crippen LogP contribution is -2.34. The highest BCUT2D eigenvalue weighted by Gasteiger charge is 2.03. The molecule has 0 unspecified atom stereocenters. The fourth-order valence-corrected chi connectivity index (χ4v) is 2.28. The number of nitrogens with zero attached hydrogens (tertiary/aromatic N) is 3. The third-order valence-corrected chi connectivity index (χ3v) is 3.62. The molecule has 0 fully saturated rings. The number of rotatable bonds is 6. The molecule has 2 amide bonds. The summed E-state index contributed by atoms with van der Waals surface area (Å²) in [5, 5.41) is 5.63. The van der Waals surface area contributed by atoms with E-state index in [-0.39, 0.29) is 6.03 Å². The summed E-state index contributed by atoms with van der Waals surface area (Å²) in [6, 6.07) is 11.1. The van der Waals surface area contributed by atoms with Crippen molar-refractivity contribution in [2.45, 2.75) is 13.1 Å². The molecule has 2 N–H and O–H groups in total. The van der Waals surface area contributed by atoms with Crippen LogP contribution in [0.1, 0.15) is 11.1 Å². The van der Waals surface area contributed by atoms with Crippen LogP contribution in [-0.4, -0.2) is 27.7 Å². The van der Waals surface area contributed by atoms with E-state index in [1.54, 1.807) is 25.8 Å². The van der Waals surface area contributed by atoms with E-state index in [1.807, 2.05) is 47.2 Å². The molecule has 1 aromatic carbocycles. The van der Waals surface area contributed by atoms with Gasteiger partial charge in [-0.15, -0.1) is 0 Å². The third kappa shape index (κ3) is 4.57. The second-order valence-corrected chi connectivity index (χ2v) is 5.38. The third-order valence-electron chi connectivity index (χ3n) is 3.62. The average molecular weight is 337 g/mol. The predicted molar refractivity (Wildman–Crippen MR) is 93.4 cm³/mol. The van der Waals surface area contributed by atoms with E-state index in [4.69, 9.17) is 4.74 Å². The van der Waals surface area contributed by atoms with Crippen molar-refractivity contribution in [3.63, 3.8) is 0 Å². The number of benzene rings is 1. The molecule has 2 heterocycles. The molecule has 0 atom stereocenters. The highest BCUT2D eigenvalue weighted by atomic mass is 16.5. The van der Waals surface area contributed by atoms with E-state index in [0.717, 1.165) is 22.7 Å². The molecule has 0 radical (unpaired) electrons. The van der Waals surface area contributed by atoms with E-state index < -0.39 is 0 Å². The number of pyridine rings is 1. The van der Waals surface area contributed by atoms with Crippen LogP contribution in [0, 0.1) is 0 Å². The molecular formula is C18H19N5O2. The van der Waals surface area contributed by atoms with Gasteiger partial charge < -0.3 is 15.4 Å². The van der Waals surface area contributed by atoms with Crippen LogP contribution in [0.5, 0.6) is 5.75 Å². The summed E-state index contributed by atoms with van der Waals surface area (Å²) in [5.41, 5.74) is 1.89. The first kappa shape index (κ1) is 16.5. The summed E-state index contributed by atoms with van der Waals surface area (Å²) in [6.45, 7) is 0.835. The summed E-state index contributed by atoms with van der Waals surface area (Å²) >= 11 is 0. The monoisotopic (exact) mass is 337 g/mol. The van der Waals surface area contributed by atoms with Gasteiger partial charge in [0.1, 0.15) is 17.9 Å². The number of hydrogen-bond acceptors (Lipinski definition) is 4. The normalized spacial score (nSPS) is 10.3. The van der Waals surface area contributed by atoms with Crippen LogP contribution in [0.2, 0.25) is 0 Å². The number of hydrogen-bond donors (Lipinski definition) is 2. The van der Waals surface area contributed by atoms with Gasteiger partial charge in [0.15, 0.2) is 0 Å². The lowest BCUT2D eigenvalue weighted by atomic mass is 10.2. The van der Waals surface area contributed by atoms with Gasteiger partial charge in [-0.05, 0) is 29.3 Å². The van der Waals surface area contributed by atoms with Crippen LogP contribution in [0.25, 0.3) is 5.82 Å². The van der Waals surface area contributed by atoms with Crippen LogP contribution >= 0.6 is 0 Å². The summed E-state index contributed by atoms with van der Waals surface area (Å²) in [5.74, 6) is 1.55. The fraction of sp³-hybridized carbons (Fsp3) is 0.167. The van der Waals surface area contributed by atoms with Crippen molar-refractivity contribution >= 4 is 6.03 Å². The van der Waals surface area contributed by atoms with E-state index in [2.05, 4.69) is 20.6 Å². The van der Waals surface area contributed by atoms with Crippen LogP contribution in [0.15, 0.2) is 61.3 Å². The van der Waals surface area contributed by atoms with Crippen LogP contribution in [-0.2, 0) is 13.1 Å². The van der Waals surface area contributed by atoms with Gasteiger partial charge in [0.2, 0.25) is 0 Å². The number of nitrogens with one attached hydrogen (secondary N) is 2. The largest absolute Gasteiger partial charge is 0.497 e. The smallest absolute Gasteiger partial charge is 0.315 e. The minimum absolute atomic E-state index is 0.235. The van der Waals surface area contributed by atoms with Crippen LogP contribution in [0.4, 0.5) is 4.79 Å². The first-order valence-corrected chi connectivity index (χ1v) is 7.82. The Kier molecular flexibility index (Phi) is 5.26. The van der Waals surface area contributed by atoms with Crippen molar-refractivity contribution in [2.75, 3.05) is 7.11 Å². The van der Waals surface area contributed by atoms with Gasteiger partial charge in [0.25, 0.3) is 0 Å². The van der Waals surface area contributed by atoms with E-state index in [0.29, 0.717) is 13.1 Å². The molecule has 7 nitrogen and oxygen atoms in total. The maximum absolute atomic E-state index is 11.9. The van der Waals surface area contributed by atoms with E-state index in [1.165, 1.54) is 0 Å². The Labute approximate surface area is 145 Å². The molecule has 25 heavy (non-hydrogen) atoms. The van der Waals surface area contributed by atoms with Crippen molar-refractivity contribution in [3.05, 3.63) is 72.4 Å². The molecule has 0 saturated carbocycles. The van der Waals surface area contributed by atoms with Crippen LogP contribution in [0.3, 0.4) is 0 Å². The number of urea groups is 1. The quantitative estimate of drug-likeness (QED) is 0.723. The average Bonchev–Trinajstić information content (AvgIpc) is 3.20. The van der Waals surface area contributed by atoms with Crippen molar-refractivity contribution in [1.82, 2.24) is 25.2 Å². The Balaban J connectivity index is 1.47. The summed E-state index contributed by atoms with van der Waals surface area (Å²) in [4.78, 5) is 20.2. The van der Waals surface area contributed by atoms with Gasteiger partial charge in [-0.2, -0.15) is 0 Å².